The second kappa shape index (κ2) is 8.56. The molecule has 1 amide bonds. The number of aryl methyl sites for hydroxylation is 2. The fraction of sp³-hybridized carbons (Fsp3) is 0.474. The third-order valence-corrected chi connectivity index (χ3v) is 4.70. The Morgan fingerprint density at radius 1 is 1.42 bits per heavy atom. The van der Waals surface area contributed by atoms with E-state index in [1.54, 1.807) is 6.92 Å². The van der Waals surface area contributed by atoms with E-state index in [0.717, 1.165) is 30.6 Å². The second-order valence-electron chi connectivity index (χ2n) is 6.51. The van der Waals surface area contributed by atoms with Crippen LogP contribution in [0.4, 0.5) is 5.69 Å². The highest BCUT2D eigenvalue weighted by Crippen LogP contribution is 2.27. The van der Waals surface area contributed by atoms with Crippen LogP contribution in [0, 0.1) is 13.8 Å². The first-order valence-electron chi connectivity index (χ1n) is 8.78. The maximum Gasteiger partial charge on any atom is 0.229 e. The summed E-state index contributed by atoms with van der Waals surface area (Å²) in [6.07, 6.45) is 2.94. The van der Waals surface area contributed by atoms with Gasteiger partial charge in [-0.2, -0.15) is 0 Å². The number of hydrogen-bond acceptors (Lipinski definition) is 5. The van der Waals surface area contributed by atoms with Crippen LogP contribution in [0.1, 0.15) is 36.1 Å². The number of ether oxygens (including phenoxy) is 2. The molecule has 6 nitrogen and oxygen atoms in total. The highest BCUT2D eigenvalue weighted by molar-refractivity contribution is 6.29. The van der Waals surface area contributed by atoms with E-state index in [2.05, 4.69) is 10.5 Å². The van der Waals surface area contributed by atoms with Crippen LogP contribution >= 0.6 is 11.6 Å². The van der Waals surface area contributed by atoms with Gasteiger partial charge < -0.3 is 19.3 Å². The van der Waals surface area contributed by atoms with Gasteiger partial charge in [0.15, 0.2) is 0 Å². The first-order valence-corrected chi connectivity index (χ1v) is 9.16. The number of nitrogens with one attached hydrogen (secondary N) is 1. The van der Waals surface area contributed by atoms with Crippen LogP contribution < -0.4 is 10.1 Å². The average molecular weight is 379 g/mol. The van der Waals surface area contributed by atoms with Crippen molar-refractivity contribution in [2.24, 2.45) is 0 Å². The summed E-state index contributed by atoms with van der Waals surface area (Å²) in [7, 11) is 0. The Bertz CT molecular complexity index is 749. The Morgan fingerprint density at radius 2 is 2.27 bits per heavy atom. The highest BCUT2D eigenvalue weighted by atomic mass is 35.5. The van der Waals surface area contributed by atoms with Crippen molar-refractivity contribution in [3.63, 3.8) is 0 Å². The quantitative estimate of drug-likeness (QED) is 0.786. The molecule has 2 aromatic rings. The maximum absolute atomic E-state index is 12.3. The Labute approximate surface area is 157 Å². The summed E-state index contributed by atoms with van der Waals surface area (Å²) in [5, 5.41) is 6.95. The summed E-state index contributed by atoms with van der Waals surface area (Å²) in [6, 6.07) is 5.72. The van der Waals surface area contributed by atoms with Gasteiger partial charge in [0, 0.05) is 18.6 Å². The van der Waals surface area contributed by atoms with Gasteiger partial charge in [-0.25, -0.2) is 0 Å². The molecule has 0 radical (unpaired) electrons. The summed E-state index contributed by atoms with van der Waals surface area (Å²) >= 11 is 5.94. The molecule has 0 aliphatic carbocycles. The van der Waals surface area contributed by atoms with E-state index < -0.39 is 0 Å². The maximum atomic E-state index is 12.3. The number of aromatic nitrogens is 1. The largest absolute Gasteiger partial charge is 0.489 e. The minimum Gasteiger partial charge on any atom is -0.489 e. The molecule has 1 aromatic carbocycles. The van der Waals surface area contributed by atoms with Crippen LogP contribution in [0.3, 0.4) is 0 Å². The standard InChI is InChI=1S/C19H23ClN2O4/c1-12-5-7-16(17(10-12)25-11-14-4-3-9-24-14)21-18(23)8-6-15-13(2)22-26-19(15)20/h5,7,10,14H,3-4,6,8-9,11H2,1-2H3,(H,21,23). The van der Waals surface area contributed by atoms with Gasteiger partial charge in [-0.3, -0.25) is 4.79 Å². The average Bonchev–Trinajstić information content (AvgIpc) is 3.24. The Hall–Kier alpha value is -2.05. The molecule has 0 bridgehead atoms. The Balaban J connectivity index is 1.59. The molecule has 0 spiro atoms. The van der Waals surface area contributed by atoms with Crippen LogP contribution in [0.25, 0.3) is 0 Å². The van der Waals surface area contributed by atoms with Crippen molar-refractivity contribution >= 4 is 23.2 Å². The topological polar surface area (TPSA) is 73.6 Å². The van der Waals surface area contributed by atoms with Gasteiger partial charge in [0.1, 0.15) is 12.4 Å². The summed E-state index contributed by atoms with van der Waals surface area (Å²) in [5.74, 6) is 0.542. The summed E-state index contributed by atoms with van der Waals surface area (Å²) < 4.78 is 16.4. The van der Waals surface area contributed by atoms with E-state index in [1.165, 1.54) is 0 Å². The van der Waals surface area contributed by atoms with Crippen LogP contribution in [0.15, 0.2) is 22.7 Å². The smallest absolute Gasteiger partial charge is 0.229 e. The molecule has 1 aromatic heterocycles. The normalized spacial score (nSPS) is 16.7. The third kappa shape index (κ3) is 4.77. The molecule has 2 heterocycles. The molecular weight excluding hydrogens is 356 g/mol. The predicted molar refractivity (Wildman–Crippen MR) is 98.8 cm³/mol. The van der Waals surface area contributed by atoms with Gasteiger partial charge in [-0.15, -0.1) is 0 Å². The number of amides is 1. The molecule has 1 saturated heterocycles. The predicted octanol–water partition coefficient (Wildman–Crippen LogP) is 4.07. The molecule has 1 unspecified atom stereocenters. The summed E-state index contributed by atoms with van der Waals surface area (Å²) in [4.78, 5) is 12.3. The molecule has 1 N–H and O–H groups in total. The van der Waals surface area contributed by atoms with Gasteiger partial charge in [-0.05, 0) is 62.4 Å². The Morgan fingerprint density at radius 3 is 2.96 bits per heavy atom. The monoisotopic (exact) mass is 378 g/mol. The van der Waals surface area contributed by atoms with Gasteiger partial charge in [0.2, 0.25) is 11.1 Å². The first kappa shape index (κ1) is 18.7. The van der Waals surface area contributed by atoms with E-state index in [0.29, 0.717) is 30.2 Å². The summed E-state index contributed by atoms with van der Waals surface area (Å²) in [6.45, 7) is 5.07. The first-order chi connectivity index (χ1) is 12.5. The lowest BCUT2D eigenvalue weighted by Crippen LogP contribution is -2.18. The number of nitrogens with zero attached hydrogens (tertiary/aromatic N) is 1. The van der Waals surface area contributed by atoms with E-state index in [4.69, 9.17) is 25.6 Å². The van der Waals surface area contributed by atoms with Crippen LogP contribution in [-0.4, -0.2) is 30.4 Å². The number of benzene rings is 1. The number of halogens is 1. The van der Waals surface area contributed by atoms with Crippen LogP contribution in [0.5, 0.6) is 5.75 Å². The molecule has 3 rings (SSSR count). The van der Waals surface area contributed by atoms with Crippen LogP contribution in [0.2, 0.25) is 5.22 Å². The molecule has 1 aliphatic heterocycles. The lowest BCUT2D eigenvalue weighted by molar-refractivity contribution is -0.116. The fourth-order valence-electron chi connectivity index (χ4n) is 2.90. The molecule has 0 saturated carbocycles. The molecule has 1 aliphatic rings. The minimum absolute atomic E-state index is 0.118. The van der Waals surface area contributed by atoms with E-state index in [9.17, 15) is 4.79 Å². The van der Waals surface area contributed by atoms with E-state index in [1.807, 2.05) is 25.1 Å². The van der Waals surface area contributed by atoms with Crippen molar-refractivity contribution in [1.29, 1.82) is 0 Å². The zero-order valence-corrected chi connectivity index (χ0v) is 15.8. The third-order valence-electron chi connectivity index (χ3n) is 4.40. The number of anilines is 1. The van der Waals surface area contributed by atoms with Crippen molar-refractivity contribution in [2.45, 2.75) is 45.6 Å². The molecule has 7 heteroatoms. The van der Waals surface area contributed by atoms with Crippen molar-refractivity contribution < 1.29 is 18.8 Å². The van der Waals surface area contributed by atoms with Crippen molar-refractivity contribution in [1.82, 2.24) is 5.16 Å². The van der Waals surface area contributed by atoms with Gasteiger partial charge in [0.25, 0.3) is 0 Å². The van der Waals surface area contributed by atoms with Crippen molar-refractivity contribution in [2.75, 3.05) is 18.5 Å². The zero-order chi connectivity index (χ0) is 18.5. The van der Waals surface area contributed by atoms with E-state index >= 15 is 0 Å². The lowest BCUT2D eigenvalue weighted by Gasteiger charge is -2.16. The number of hydrogen-bond donors (Lipinski definition) is 1. The lowest BCUT2D eigenvalue weighted by atomic mass is 10.1. The molecule has 1 fully saturated rings. The number of carbonyl (C=O) groups excluding carboxylic acids is 1. The molecule has 26 heavy (non-hydrogen) atoms. The molecular formula is C19H23ClN2O4. The minimum atomic E-state index is -0.118. The van der Waals surface area contributed by atoms with Gasteiger partial charge in [-0.1, -0.05) is 11.2 Å². The highest BCUT2D eigenvalue weighted by Gasteiger charge is 2.18. The van der Waals surface area contributed by atoms with Gasteiger partial charge >= 0.3 is 0 Å². The number of rotatable bonds is 7. The fourth-order valence-corrected chi connectivity index (χ4v) is 3.17. The van der Waals surface area contributed by atoms with Crippen LogP contribution in [-0.2, 0) is 16.0 Å². The van der Waals surface area contributed by atoms with E-state index in [-0.39, 0.29) is 23.7 Å². The van der Waals surface area contributed by atoms with Crippen molar-refractivity contribution in [3.8, 4) is 5.75 Å². The SMILES string of the molecule is Cc1ccc(NC(=O)CCc2c(C)noc2Cl)c(OCC2CCCO2)c1. The number of carbonyl (C=O) groups is 1. The van der Waals surface area contributed by atoms with Crippen molar-refractivity contribution in [3.05, 3.63) is 40.2 Å². The van der Waals surface area contributed by atoms with Gasteiger partial charge in [0.05, 0.1) is 17.5 Å². The Kier molecular flexibility index (Phi) is 6.16. The molecule has 1 atom stereocenters. The molecule has 140 valence electrons. The zero-order valence-electron chi connectivity index (χ0n) is 15.0. The second-order valence-corrected chi connectivity index (χ2v) is 6.86. The summed E-state index contributed by atoms with van der Waals surface area (Å²) in [5.41, 5.74) is 3.20.